The van der Waals surface area contributed by atoms with Gasteiger partial charge in [0, 0.05) is 0 Å². The monoisotopic (exact) mass is 322 g/mol. The van der Waals surface area contributed by atoms with Crippen molar-refractivity contribution < 1.29 is 9.53 Å². The second kappa shape index (κ2) is 7.29. The summed E-state index contributed by atoms with van der Waals surface area (Å²) in [7, 11) is -2.04. The predicted molar refractivity (Wildman–Crippen MR) is 97.6 cm³/mol. The van der Waals surface area contributed by atoms with Crippen LogP contribution >= 0.6 is 0 Å². The van der Waals surface area contributed by atoms with Gasteiger partial charge >= 0.3 is 0 Å². The lowest BCUT2D eigenvalue weighted by Crippen LogP contribution is -2.51. The summed E-state index contributed by atoms with van der Waals surface area (Å²) in [6, 6.07) is 10.1. The molecule has 0 heterocycles. The summed E-state index contributed by atoms with van der Waals surface area (Å²) in [5, 5.41) is 10.7. The Kier molecular flexibility index (Phi) is 6.43. The molecule has 1 aromatic rings. The van der Waals surface area contributed by atoms with Crippen molar-refractivity contribution in [2.45, 2.75) is 83.7 Å². The van der Waals surface area contributed by atoms with Crippen LogP contribution < -0.4 is 0 Å². The van der Waals surface area contributed by atoms with E-state index in [0.717, 1.165) is 5.56 Å². The Balaban J connectivity index is 3.32. The van der Waals surface area contributed by atoms with E-state index in [-0.39, 0.29) is 6.10 Å². The van der Waals surface area contributed by atoms with E-state index in [1.807, 2.05) is 32.0 Å². The smallest absolute Gasteiger partial charge is 0.201 e. The summed E-state index contributed by atoms with van der Waals surface area (Å²) in [6.07, 6.45) is -0.285. The molecule has 0 amide bonds. The second-order valence-corrected chi connectivity index (χ2v) is 13.3. The van der Waals surface area contributed by atoms with Crippen molar-refractivity contribution in [3.05, 3.63) is 35.9 Å². The summed E-state index contributed by atoms with van der Waals surface area (Å²) in [5.41, 5.74) is 1.66. The minimum absolute atomic E-state index is 0.285. The first-order valence-electron chi connectivity index (χ1n) is 8.48. The minimum atomic E-state index is -2.04. The van der Waals surface area contributed by atoms with Gasteiger partial charge in [0.15, 0.2) is 0 Å². The first-order valence-corrected chi connectivity index (χ1v) is 10.6. The fourth-order valence-corrected chi connectivity index (χ4v) is 9.51. The summed E-state index contributed by atoms with van der Waals surface area (Å²) >= 11 is 0. The highest BCUT2D eigenvalue weighted by Crippen LogP contribution is 2.47. The molecule has 0 aliphatic rings. The molecule has 0 spiro atoms. The predicted octanol–water partition coefficient (Wildman–Crippen LogP) is 5.69. The lowest BCUT2D eigenvalue weighted by Gasteiger charge is -2.47. The van der Waals surface area contributed by atoms with Crippen LogP contribution in [0.25, 0.3) is 0 Å². The molecule has 3 heteroatoms. The molecule has 0 saturated carbocycles. The molecule has 126 valence electrons. The molecule has 0 unspecified atom stereocenters. The Morgan fingerprint density at radius 1 is 0.864 bits per heavy atom. The third kappa shape index (κ3) is 4.00. The maximum absolute atomic E-state index is 10.7. The molecule has 1 atom stereocenters. The van der Waals surface area contributed by atoms with Gasteiger partial charge in [-0.3, -0.25) is 0 Å². The van der Waals surface area contributed by atoms with E-state index < -0.39 is 13.9 Å². The topological polar surface area (TPSA) is 29.5 Å². The van der Waals surface area contributed by atoms with Gasteiger partial charge in [-0.25, -0.2) is 0 Å². The molecule has 22 heavy (non-hydrogen) atoms. The molecular formula is C19H34O2Si. The van der Waals surface area contributed by atoms with Crippen LogP contribution in [0.3, 0.4) is 0 Å². The van der Waals surface area contributed by atoms with E-state index >= 15 is 0 Å². The van der Waals surface area contributed by atoms with Crippen molar-refractivity contribution in [1.29, 1.82) is 0 Å². The van der Waals surface area contributed by atoms with Gasteiger partial charge in [0.25, 0.3) is 0 Å². The second-order valence-electron chi connectivity index (χ2n) is 7.88. The van der Waals surface area contributed by atoms with Gasteiger partial charge in [-0.15, -0.1) is 0 Å². The lowest BCUT2D eigenvalue weighted by molar-refractivity contribution is -0.0439. The number of aliphatic hydroxyl groups is 1. The SMILES string of the molecule is CC(C)[Si](O[C@H](c1ccccc1)C(C)(C)O)(C(C)C)C(C)C. The maximum Gasteiger partial charge on any atom is 0.201 e. The Morgan fingerprint density at radius 2 is 1.27 bits per heavy atom. The van der Waals surface area contributed by atoms with Crippen LogP contribution in [0.5, 0.6) is 0 Å². The molecule has 0 bridgehead atoms. The first kappa shape index (κ1) is 19.4. The van der Waals surface area contributed by atoms with E-state index in [2.05, 4.69) is 53.7 Å². The summed E-state index contributed by atoms with van der Waals surface area (Å²) < 4.78 is 6.86. The summed E-state index contributed by atoms with van der Waals surface area (Å²) in [4.78, 5) is 0. The average molecular weight is 323 g/mol. The van der Waals surface area contributed by atoms with E-state index in [4.69, 9.17) is 4.43 Å². The number of benzene rings is 1. The third-order valence-electron chi connectivity index (χ3n) is 4.77. The fourth-order valence-electron chi connectivity index (χ4n) is 3.86. The van der Waals surface area contributed by atoms with Crippen LogP contribution in [0.1, 0.15) is 67.1 Å². The van der Waals surface area contributed by atoms with Crippen molar-refractivity contribution >= 4 is 8.32 Å². The zero-order valence-corrected chi connectivity index (χ0v) is 16.6. The average Bonchev–Trinajstić information content (AvgIpc) is 2.37. The van der Waals surface area contributed by atoms with E-state index in [0.29, 0.717) is 16.6 Å². The quantitative estimate of drug-likeness (QED) is 0.653. The van der Waals surface area contributed by atoms with Crippen LogP contribution in [0.4, 0.5) is 0 Å². The zero-order valence-electron chi connectivity index (χ0n) is 15.6. The number of rotatable bonds is 7. The molecule has 0 aliphatic carbocycles. The first-order chi connectivity index (χ1) is 10.0. The molecule has 0 fully saturated rings. The molecule has 1 N–H and O–H groups in total. The minimum Gasteiger partial charge on any atom is -0.406 e. The van der Waals surface area contributed by atoms with Crippen LogP contribution in [0, 0.1) is 0 Å². The molecule has 0 aromatic heterocycles. The van der Waals surface area contributed by atoms with Crippen molar-refractivity contribution in [2.24, 2.45) is 0 Å². The van der Waals surface area contributed by atoms with Crippen molar-refractivity contribution in [3.63, 3.8) is 0 Å². The van der Waals surface area contributed by atoms with Crippen LogP contribution in [0.15, 0.2) is 30.3 Å². The van der Waals surface area contributed by atoms with Gasteiger partial charge in [0.1, 0.15) is 0 Å². The number of hydrogen-bond donors (Lipinski definition) is 1. The van der Waals surface area contributed by atoms with Crippen molar-refractivity contribution in [3.8, 4) is 0 Å². The van der Waals surface area contributed by atoms with Crippen molar-refractivity contribution in [2.75, 3.05) is 0 Å². The number of hydrogen-bond acceptors (Lipinski definition) is 2. The van der Waals surface area contributed by atoms with Crippen LogP contribution in [-0.2, 0) is 4.43 Å². The van der Waals surface area contributed by atoms with Gasteiger partial charge in [-0.1, -0.05) is 71.9 Å². The fraction of sp³-hybridized carbons (Fsp3) is 0.684. The van der Waals surface area contributed by atoms with Crippen LogP contribution in [-0.4, -0.2) is 19.0 Å². The Bertz CT molecular complexity index is 424. The molecule has 2 nitrogen and oxygen atoms in total. The third-order valence-corrected chi connectivity index (χ3v) is 10.8. The highest BCUT2D eigenvalue weighted by atomic mass is 28.4. The molecule has 1 aromatic carbocycles. The maximum atomic E-state index is 10.7. The van der Waals surface area contributed by atoms with Gasteiger partial charge in [0.05, 0.1) is 11.7 Å². The van der Waals surface area contributed by atoms with Gasteiger partial charge < -0.3 is 9.53 Å². The Hall–Kier alpha value is -0.643. The highest BCUT2D eigenvalue weighted by Gasteiger charge is 2.48. The van der Waals surface area contributed by atoms with Gasteiger partial charge in [-0.2, -0.15) is 0 Å². The Morgan fingerprint density at radius 3 is 1.59 bits per heavy atom. The summed E-state index contributed by atoms with van der Waals surface area (Å²) in [6.45, 7) is 17.4. The lowest BCUT2D eigenvalue weighted by atomic mass is 9.95. The molecular weight excluding hydrogens is 288 g/mol. The summed E-state index contributed by atoms with van der Waals surface area (Å²) in [5.74, 6) is 0. The van der Waals surface area contributed by atoms with E-state index in [1.54, 1.807) is 0 Å². The van der Waals surface area contributed by atoms with Crippen molar-refractivity contribution in [1.82, 2.24) is 0 Å². The Labute approximate surface area is 138 Å². The van der Waals surface area contributed by atoms with E-state index in [9.17, 15) is 5.11 Å². The molecule has 0 radical (unpaired) electrons. The van der Waals surface area contributed by atoms with Gasteiger partial charge in [0.2, 0.25) is 8.32 Å². The van der Waals surface area contributed by atoms with E-state index in [1.165, 1.54) is 0 Å². The standard InChI is InChI=1S/C19H34O2Si/c1-14(2)22(15(3)4,16(5)6)21-18(19(7,8)20)17-12-10-9-11-13-17/h9-16,18,20H,1-8H3/t18-/m1/s1. The molecule has 1 rings (SSSR count). The highest BCUT2D eigenvalue weighted by molar-refractivity contribution is 6.77. The zero-order chi connectivity index (χ0) is 17.1. The largest absolute Gasteiger partial charge is 0.406 e. The normalized spacial score (nSPS) is 14.9. The molecule has 0 saturated heterocycles. The van der Waals surface area contributed by atoms with Gasteiger partial charge in [-0.05, 0) is 36.0 Å². The van der Waals surface area contributed by atoms with Crippen LogP contribution in [0.2, 0.25) is 16.6 Å². The molecule has 0 aliphatic heterocycles.